The van der Waals surface area contributed by atoms with E-state index in [4.69, 9.17) is 5.73 Å². The Kier molecular flexibility index (Phi) is 3.36. The first-order chi connectivity index (χ1) is 8.06. The molecule has 0 radical (unpaired) electrons. The van der Waals surface area contributed by atoms with Crippen molar-refractivity contribution in [3.63, 3.8) is 0 Å². The summed E-state index contributed by atoms with van der Waals surface area (Å²) in [4.78, 5) is 24.9. The van der Waals surface area contributed by atoms with Gasteiger partial charge in [0, 0.05) is 24.9 Å². The van der Waals surface area contributed by atoms with Gasteiger partial charge in [-0.2, -0.15) is 0 Å². The molecule has 1 aliphatic heterocycles. The Morgan fingerprint density at radius 1 is 1.29 bits per heavy atom. The fourth-order valence-corrected chi connectivity index (χ4v) is 2.83. The zero-order chi connectivity index (χ0) is 12.4. The Bertz CT molecular complexity index is 349. The molecule has 1 heterocycles. The third-order valence-electron chi connectivity index (χ3n) is 3.60. The van der Waals surface area contributed by atoms with Gasteiger partial charge in [0.25, 0.3) is 5.91 Å². The first-order valence-electron chi connectivity index (χ1n) is 6.10. The van der Waals surface area contributed by atoms with Crippen LogP contribution < -0.4 is 11.1 Å². The summed E-state index contributed by atoms with van der Waals surface area (Å²) in [5, 5.41) is 2.33. The van der Waals surface area contributed by atoms with Crippen molar-refractivity contribution in [2.24, 2.45) is 17.6 Å². The topological polar surface area (TPSA) is 75.4 Å². The van der Waals surface area contributed by atoms with E-state index in [0.29, 0.717) is 17.5 Å². The number of nitrogens with zero attached hydrogens (tertiary/aromatic N) is 1. The van der Waals surface area contributed by atoms with Gasteiger partial charge in [0.05, 0.1) is 0 Å². The molecular weight excluding hydrogens is 218 g/mol. The maximum absolute atomic E-state index is 11.8. The maximum atomic E-state index is 11.8. The number of amides is 3. The highest BCUT2D eigenvalue weighted by Crippen LogP contribution is 2.37. The molecule has 3 N–H and O–H groups in total. The molecule has 17 heavy (non-hydrogen) atoms. The molecule has 2 atom stereocenters. The number of nitrogens with one attached hydrogen (secondary N) is 1. The van der Waals surface area contributed by atoms with Crippen LogP contribution in [0.2, 0.25) is 0 Å². The molecule has 0 aromatic heterocycles. The summed E-state index contributed by atoms with van der Waals surface area (Å²) in [7, 11) is 0. The minimum atomic E-state index is -0.438. The maximum Gasteiger partial charge on any atom is 0.324 e. The molecule has 1 saturated heterocycles. The smallest absolute Gasteiger partial charge is 0.324 e. The highest BCUT2D eigenvalue weighted by Gasteiger charge is 2.38. The molecule has 1 aliphatic carbocycles. The van der Waals surface area contributed by atoms with E-state index in [9.17, 15) is 9.59 Å². The zero-order valence-electron chi connectivity index (χ0n) is 10.1. The molecule has 2 rings (SSSR count). The number of hydrogen-bond acceptors (Lipinski definition) is 3. The number of nitrogens with two attached hydrogens (primary N) is 1. The van der Waals surface area contributed by atoms with E-state index in [0.717, 1.165) is 13.1 Å². The van der Waals surface area contributed by atoms with Crippen molar-refractivity contribution in [3.8, 4) is 0 Å². The normalized spacial score (nSPS) is 28.1. The van der Waals surface area contributed by atoms with E-state index < -0.39 is 5.91 Å². The number of hydrogen-bond donors (Lipinski definition) is 2. The van der Waals surface area contributed by atoms with Crippen molar-refractivity contribution < 1.29 is 9.59 Å². The number of carbonyl (C=O) groups excluding carboxylic acids is 2. The third kappa shape index (κ3) is 2.78. The summed E-state index contributed by atoms with van der Waals surface area (Å²) in [5.74, 6) is 0.845. The number of likely N-dealkylation sites (tertiary alicyclic amines) is 1. The third-order valence-corrected chi connectivity index (χ3v) is 3.60. The second kappa shape index (κ2) is 4.77. The Balaban J connectivity index is 1.85. The largest absolute Gasteiger partial charge is 0.402 e. The summed E-state index contributed by atoms with van der Waals surface area (Å²) in [5.41, 5.74) is 5.77. The van der Waals surface area contributed by atoms with Gasteiger partial charge in [-0.1, -0.05) is 6.42 Å². The van der Waals surface area contributed by atoms with Gasteiger partial charge in [-0.15, -0.1) is 0 Å². The average molecular weight is 237 g/mol. The van der Waals surface area contributed by atoms with Crippen LogP contribution in [0, 0.1) is 11.8 Å². The first kappa shape index (κ1) is 12.0. The summed E-state index contributed by atoms with van der Waals surface area (Å²) in [6.45, 7) is 3.19. The lowest BCUT2D eigenvalue weighted by Crippen LogP contribution is -2.41. The van der Waals surface area contributed by atoms with Crippen molar-refractivity contribution in [1.29, 1.82) is 0 Å². The molecule has 2 fully saturated rings. The first-order valence-corrected chi connectivity index (χ1v) is 6.10. The molecule has 0 aromatic carbocycles. The predicted octanol–water partition coefficient (Wildman–Crippen LogP) is 0.817. The number of urea groups is 1. The Morgan fingerprint density at radius 3 is 2.41 bits per heavy atom. The summed E-state index contributed by atoms with van der Waals surface area (Å²) in [6.07, 6.45) is 4.93. The molecule has 1 saturated carbocycles. The standard InChI is InChI=1S/C12H19N3O2/c1-8(13)5-11(16)14-12(17)15-6-9-3-2-4-10(9)7-15/h5,9-10H,2-4,6-7,13H2,1H3,(H,14,16,17)/b8-5-/t9-,10?/m1/s1. The minimum absolute atomic E-state index is 0.290. The lowest BCUT2D eigenvalue weighted by atomic mass is 10.0. The van der Waals surface area contributed by atoms with Crippen molar-refractivity contribution in [2.75, 3.05) is 13.1 Å². The number of carbonyl (C=O) groups is 2. The molecule has 0 spiro atoms. The van der Waals surface area contributed by atoms with Crippen LogP contribution in [0.5, 0.6) is 0 Å². The van der Waals surface area contributed by atoms with E-state index in [1.54, 1.807) is 11.8 Å². The zero-order valence-corrected chi connectivity index (χ0v) is 10.1. The second-order valence-electron chi connectivity index (χ2n) is 5.04. The van der Waals surface area contributed by atoms with Crippen molar-refractivity contribution in [3.05, 3.63) is 11.8 Å². The number of allylic oxidation sites excluding steroid dienone is 1. The molecule has 94 valence electrons. The molecule has 5 heteroatoms. The SMILES string of the molecule is C/C(N)=C/C(=O)NC(=O)N1CC2CCC[C@@H]2C1. The highest BCUT2D eigenvalue weighted by atomic mass is 16.2. The summed E-state index contributed by atoms with van der Waals surface area (Å²) >= 11 is 0. The van der Waals surface area contributed by atoms with Crippen LogP contribution in [0.25, 0.3) is 0 Å². The average Bonchev–Trinajstić information content (AvgIpc) is 2.73. The van der Waals surface area contributed by atoms with Crippen LogP contribution in [0.15, 0.2) is 11.8 Å². The van der Waals surface area contributed by atoms with Crippen LogP contribution in [0.4, 0.5) is 4.79 Å². The monoisotopic (exact) mass is 237 g/mol. The van der Waals surface area contributed by atoms with Gasteiger partial charge in [-0.05, 0) is 31.6 Å². The fourth-order valence-electron chi connectivity index (χ4n) is 2.83. The summed E-state index contributed by atoms with van der Waals surface area (Å²) < 4.78 is 0. The summed E-state index contributed by atoms with van der Waals surface area (Å²) in [6, 6.07) is -0.290. The molecular formula is C12H19N3O2. The molecule has 5 nitrogen and oxygen atoms in total. The van der Waals surface area contributed by atoms with Crippen molar-refractivity contribution >= 4 is 11.9 Å². The van der Waals surface area contributed by atoms with Crippen molar-refractivity contribution in [2.45, 2.75) is 26.2 Å². The number of imide groups is 1. The molecule has 1 unspecified atom stereocenters. The fraction of sp³-hybridized carbons (Fsp3) is 0.667. The Labute approximate surface area is 101 Å². The van der Waals surface area contributed by atoms with Gasteiger partial charge < -0.3 is 10.6 Å². The lowest BCUT2D eigenvalue weighted by molar-refractivity contribution is -0.115. The quantitative estimate of drug-likeness (QED) is 0.663. The Hall–Kier alpha value is -1.52. The van der Waals surface area contributed by atoms with Gasteiger partial charge in [-0.3, -0.25) is 10.1 Å². The van der Waals surface area contributed by atoms with Crippen LogP contribution in [0.1, 0.15) is 26.2 Å². The van der Waals surface area contributed by atoms with E-state index in [1.807, 2.05) is 0 Å². The second-order valence-corrected chi connectivity index (χ2v) is 5.04. The van der Waals surface area contributed by atoms with Crippen LogP contribution in [0.3, 0.4) is 0 Å². The number of rotatable bonds is 1. The van der Waals surface area contributed by atoms with Gasteiger partial charge in [0.1, 0.15) is 0 Å². The minimum Gasteiger partial charge on any atom is -0.402 e. The van der Waals surface area contributed by atoms with Crippen LogP contribution in [-0.4, -0.2) is 29.9 Å². The van der Waals surface area contributed by atoms with E-state index >= 15 is 0 Å². The highest BCUT2D eigenvalue weighted by molar-refractivity contribution is 6.00. The lowest BCUT2D eigenvalue weighted by Gasteiger charge is -2.16. The van der Waals surface area contributed by atoms with Gasteiger partial charge >= 0.3 is 6.03 Å². The molecule has 0 bridgehead atoms. The Morgan fingerprint density at radius 2 is 1.88 bits per heavy atom. The molecule has 0 aromatic rings. The molecule has 3 amide bonds. The van der Waals surface area contributed by atoms with Crippen LogP contribution >= 0.6 is 0 Å². The predicted molar refractivity (Wildman–Crippen MR) is 63.9 cm³/mol. The van der Waals surface area contributed by atoms with E-state index in [1.165, 1.54) is 25.3 Å². The van der Waals surface area contributed by atoms with E-state index in [2.05, 4.69) is 5.32 Å². The molecule has 2 aliphatic rings. The number of fused-ring (bicyclic) bond motifs is 1. The van der Waals surface area contributed by atoms with Crippen molar-refractivity contribution in [1.82, 2.24) is 10.2 Å². The van der Waals surface area contributed by atoms with Crippen LogP contribution in [-0.2, 0) is 4.79 Å². The van der Waals surface area contributed by atoms with Gasteiger partial charge in [0.2, 0.25) is 0 Å². The van der Waals surface area contributed by atoms with Gasteiger partial charge in [0.15, 0.2) is 0 Å². The van der Waals surface area contributed by atoms with Gasteiger partial charge in [-0.25, -0.2) is 4.79 Å². The van der Waals surface area contributed by atoms with E-state index in [-0.39, 0.29) is 6.03 Å².